The molecule has 3 rings (SSSR count). The number of hydrazone groups is 1. The second-order valence-corrected chi connectivity index (χ2v) is 7.63. The van der Waals surface area contributed by atoms with E-state index in [0.717, 1.165) is 20.4 Å². The summed E-state index contributed by atoms with van der Waals surface area (Å²) < 4.78 is 0.865. The number of nitrogens with zero attached hydrogens (tertiary/aromatic N) is 3. The number of anilines is 1. The number of nitrogens with one attached hydrogen (secondary N) is 1. The fourth-order valence-electron chi connectivity index (χ4n) is 3.08. The predicted molar refractivity (Wildman–Crippen MR) is 101 cm³/mol. The Morgan fingerprint density at radius 3 is 2.48 bits per heavy atom. The maximum atomic E-state index is 13.2. The lowest BCUT2D eigenvalue weighted by Gasteiger charge is -2.32. The maximum absolute atomic E-state index is 13.2. The zero-order valence-electron chi connectivity index (χ0n) is 14.7. The van der Waals surface area contributed by atoms with Crippen LogP contribution < -0.4 is 5.43 Å². The normalized spacial score (nSPS) is 24.0. The zero-order chi connectivity index (χ0) is 18.2. The van der Waals surface area contributed by atoms with Crippen molar-refractivity contribution in [1.29, 1.82) is 0 Å². The minimum atomic E-state index is -1.30. The van der Waals surface area contributed by atoms with Crippen LogP contribution in [0.5, 0.6) is 0 Å². The summed E-state index contributed by atoms with van der Waals surface area (Å²) in [5.74, 6) is 0. The van der Waals surface area contributed by atoms with Gasteiger partial charge in [-0.1, -0.05) is 24.3 Å². The molecule has 0 saturated carbocycles. The van der Waals surface area contributed by atoms with E-state index < -0.39 is 11.2 Å². The average molecular weight is 358 g/mol. The summed E-state index contributed by atoms with van der Waals surface area (Å²) in [6.45, 7) is 7.07. The first-order valence-corrected chi connectivity index (χ1v) is 8.91. The highest BCUT2D eigenvalue weighted by atomic mass is 32.1. The van der Waals surface area contributed by atoms with Crippen LogP contribution in [0.3, 0.4) is 0 Å². The lowest BCUT2D eigenvalue weighted by atomic mass is 9.97. The van der Waals surface area contributed by atoms with Crippen molar-refractivity contribution < 1.29 is 9.95 Å². The molecule has 0 radical (unpaired) electrons. The van der Waals surface area contributed by atoms with Gasteiger partial charge < -0.3 is 10.4 Å². The summed E-state index contributed by atoms with van der Waals surface area (Å²) in [7, 11) is 0. The molecule has 2 N–H and O–H groups in total. The van der Waals surface area contributed by atoms with Crippen molar-refractivity contribution in [2.45, 2.75) is 38.9 Å². The molecule has 1 aliphatic heterocycles. The van der Waals surface area contributed by atoms with E-state index in [0.29, 0.717) is 11.4 Å². The molecule has 132 valence electrons. The Kier molecular flexibility index (Phi) is 4.40. The second kappa shape index (κ2) is 6.25. The highest BCUT2D eigenvalue weighted by Crippen LogP contribution is 2.37. The van der Waals surface area contributed by atoms with Crippen molar-refractivity contribution in [3.63, 3.8) is 0 Å². The zero-order valence-corrected chi connectivity index (χ0v) is 15.5. The van der Waals surface area contributed by atoms with Crippen LogP contribution in [0.25, 0.3) is 0 Å². The fraction of sp³-hybridized carbons (Fsp3) is 0.333. The molecule has 1 aromatic heterocycles. The van der Waals surface area contributed by atoms with E-state index in [2.05, 4.69) is 10.5 Å². The molecular formula is C18H22N4O2S. The van der Waals surface area contributed by atoms with Crippen molar-refractivity contribution in [3.05, 3.63) is 57.9 Å². The minimum Gasteiger partial charge on any atom is -0.622 e. The van der Waals surface area contributed by atoms with Gasteiger partial charge in [-0.25, -0.2) is 0 Å². The molecular weight excluding hydrogens is 336 g/mol. The first-order chi connectivity index (χ1) is 11.8. The third-order valence-electron chi connectivity index (χ3n) is 4.69. The maximum Gasteiger partial charge on any atom is 0.289 e. The van der Waals surface area contributed by atoms with Crippen LogP contribution in [0.2, 0.25) is 0 Å². The van der Waals surface area contributed by atoms with E-state index in [-0.39, 0.29) is 0 Å². The van der Waals surface area contributed by atoms with Crippen LogP contribution in [0.15, 0.2) is 52.9 Å². The molecule has 6 nitrogen and oxygen atoms in total. The summed E-state index contributed by atoms with van der Waals surface area (Å²) >= 11 is 1.48. The molecule has 1 aromatic carbocycles. The number of benzene rings is 1. The molecule has 7 heteroatoms. The van der Waals surface area contributed by atoms with Crippen LogP contribution in [-0.4, -0.2) is 37.6 Å². The molecule has 0 amide bonds. The molecule has 25 heavy (non-hydrogen) atoms. The second-order valence-electron chi connectivity index (χ2n) is 6.69. The minimum absolute atomic E-state index is 0.466. The highest BCUT2D eigenvalue weighted by Gasteiger charge is 2.61. The summed E-state index contributed by atoms with van der Waals surface area (Å²) in [5, 5.41) is 31.4. The molecule has 0 aliphatic carbocycles. The van der Waals surface area contributed by atoms with Gasteiger partial charge in [0.05, 0.1) is 10.6 Å². The molecule has 1 unspecified atom stereocenters. The van der Waals surface area contributed by atoms with E-state index in [4.69, 9.17) is 0 Å². The van der Waals surface area contributed by atoms with Crippen molar-refractivity contribution in [3.8, 4) is 0 Å². The molecule has 1 atom stereocenters. The van der Waals surface area contributed by atoms with Gasteiger partial charge in [0.25, 0.3) is 5.66 Å². The molecule has 0 bridgehead atoms. The lowest BCUT2D eigenvalue weighted by Crippen LogP contribution is -2.57. The fourth-order valence-corrected chi connectivity index (χ4v) is 3.98. The Morgan fingerprint density at radius 1 is 1.20 bits per heavy atom. The Hall–Kier alpha value is -2.22. The first kappa shape index (κ1) is 17.6. The average Bonchev–Trinajstić information content (AvgIpc) is 3.16. The molecule has 0 fully saturated rings. The Bertz CT molecular complexity index is 815. The van der Waals surface area contributed by atoms with Gasteiger partial charge in [-0.05, 0) is 44.4 Å². The van der Waals surface area contributed by atoms with Crippen molar-refractivity contribution in [1.82, 2.24) is 5.06 Å². The Balaban J connectivity index is 2.01. The van der Waals surface area contributed by atoms with Gasteiger partial charge >= 0.3 is 0 Å². The standard InChI is InChI=1S/C18H22N4O2S/c1-13(19-20-14-9-6-5-7-10-14)18(4)21(23)16(15-11-8-12-25-15)17(2,3)22(18)24/h5-12,20,24H,1-4H3/b19-13+. The van der Waals surface area contributed by atoms with Gasteiger partial charge in [-0.15, -0.1) is 16.4 Å². The quantitative estimate of drug-likeness (QED) is 0.378. The SMILES string of the molecule is C/C(=N\Nc1ccccc1)C1(C)N(O)C(C)(C)C(c2cccs2)=[N+]1[O-]. The van der Waals surface area contributed by atoms with Gasteiger partial charge in [0.1, 0.15) is 11.3 Å². The number of hydroxylamine groups is 3. The summed E-state index contributed by atoms with van der Waals surface area (Å²) in [6, 6.07) is 13.3. The number of hydrogen-bond donors (Lipinski definition) is 2. The van der Waals surface area contributed by atoms with Crippen LogP contribution >= 0.6 is 11.3 Å². The highest BCUT2D eigenvalue weighted by molar-refractivity contribution is 7.12. The molecule has 2 heterocycles. The Labute approximate surface area is 151 Å². The smallest absolute Gasteiger partial charge is 0.289 e. The van der Waals surface area contributed by atoms with E-state index in [1.807, 2.05) is 61.7 Å². The molecule has 0 saturated heterocycles. The number of rotatable bonds is 4. The van der Waals surface area contributed by atoms with Crippen molar-refractivity contribution in [2.24, 2.45) is 5.10 Å². The predicted octanol–water partition coefficient (Wildman–Crippen LogP) is 3.74. The van der Waals surface area contributed by atoms with Crippen LogP contribution in [0.1, 0.15) is 32.6 Å². The molecule has 0 spiro atoms. The van der Waals surface area contributed by atoms with E-state index in [1.54, 1.807) is 13.8 Å². The van der Waals surface area contributed by atoms with E-state index >= 15 is 0 Å². The van der Waals surface area contributed by atoms with Crippen LogP contribution in [0.4, 0.5) is 5.69 Å². The number of para-hydroxylation sites is 1. The lowest BCUT2D eigenvalue weighted by molar-refractivity contribution is -0.560. The first-order valence-electron chi connectivity index (χ1n) is 8.03. The summed E-state index contributed by atoms with van der Waals surface area (Å²) in [6.07, 6.45) is 0. The van der Waals surface area contributed by atoms with Gasteiger partial charge in [-0.3, -0.25) is 5.43 Å². The van der Waals surface area contributed by atoms with Crippen molar-refractivity contribution >= 4 is 28.4 Å². The Morgan fingerprint density at radius 2 is 1.88 bits per heavy atom. The molecule has 1 aliphatic rings. The van der Waals surface area contributed by atoms with Crippen LogP contribution in [-0.2, 0) is 0 Å². The topological polar surface area (TPSA) is 73.9 Å². The number of hydrogen-bond acceptors (Lipinski definition) is 6. The van der Waals surface area contributed by atoms with Gasteiger partial charge in [0.15, 0.2) is 0 Å². The van der Waals surface area contributed by atoms with Gasteiger partial charge in [0.2, 0.25) is 5.71 Å². The largest absolute Gasteiger partial charge is 0.622 e. The third-order valence-corrected chi connectivity index (χ3v) is 5.56. The number of thiophene rings is 1. The third kappa shape index (κ3) is 2.74. The van der Waals surface area contributed by atoms with Gasteiger partial charge in [-0.2, -0.15) is 9.84 Å². The van der Waals surface area contributed by atoms with E-state index in [9.17, 15) is 10.4 Å². The van der Waals surface area contributed by atoms with Gasteiger partial charge in [0, 0.05) is 6.92 Å². The monoisotopic (exact) mass is 358 g/mol. The van der Waals surface area contributed by atoms with Crippen LogP contribution in [0, 0.1) is 5.21 Å². The molecule has 2 aromatic rings. The summed E-state index contributed by atoms with van der Waals surface area (Å²) in [5.41, 5.74) is 2.61. The van der Waals surface area contributed by atoms with Crippen molar-refractivity contribution in [2.75, 3.05) is 5.43 Å². The summed E-state index contributed by atoms with van der Waals surface area (Å²) in [4.78, 5) is 0.839. The van der Waals surface area contributed by atoms with E-state index in [1.165, 1.54) is 11.3 Å².